The highest BCUT2D eigenvalue weighted by Crippen LogP contribution is 2.75. The first kappa shape index (κ1) is 49.0. The molecule has 8 aliphatic rings. The Balaban J connectivity index is 0.971. The predicted molar refractivity (Wildman–Crippen MR) is 224 cm³/mol. The molecule has 0 amide bonds. The van der Waals surface area contributed by atoms with E-state index in [0.717, 1.165) is 51.4 Å². The lowest BCUT2D eigenvalue weighted by atomic mass is 9.34. The molecule has 0 spiro atoms. The summed E-state index contributed by atoms with van der Waals surface area (Å²) in [6, 6.07) is 0. The Labute approximate surface area is 376 Å². The van der Waals surface area contributed by atoms with Gasteiger partial charge in [0.25, 0.3) is 0 Å². The maximum Gasteiger partial charge on any atom is 0.311 e. The molecule has 0 aromatic rings. The van der Waals surface area contributed by atoms with E-state index in [1.54, 1.807) is 0 Å². The highest BCUT2D eigenvalue weighted by atomic mass is 16.7. The van der Waals surface area contributed by atoms with Gasteiger partial charge in [-0.1, -0.05) is 60.1 Å². The van der Waals surface area contributed by atoms with Crippen molar-refractivity contribution in [1.29, 1.82) is 0 Å². The van der Waals surface area contributed by atoms with E-state index in [4.69, 9.17) is 28.4 Å². The monoisotopic (exact) mass is 913 g/mol. The normalized spacial score (nSPS) is 53.4. The number of rotatable bonds is 8. The van der Waals surface area contributed by atoms with Crippen molar-refractivity contribution in [2.24, 2.45) is 56.7 Å². The Morgan fingerprint density at radius 1 is 0.703 bits per heavy atom. The van der Waals surface area contributed by atoms with Gasteiger partial charge in [0.1, 0.15) is 67.1 Å². The first-order valence-corrected chi connectivity index (χ1v) is 23.7. The molecular weight excluding hydrogens is 836 g/mol. The summed E-state index contributed by atoms with van der Waals surface area (Å²) in [6.07, 6.45) is -10.8. The van der Waals surface area contributed by atoms with Crippen molar-refractivity contribution in [2.45, 2.75) is 198 Å². The van der Waals surface area contributed by atoms with Gasteiger partial charge in [-0.05, 0) is 109 Å². The van der Waals surface area contributed by atoms with Crippen LogP contribution in [0.1, 0.15) is 106 Å². The Morgan fingerprint density at radius 2 is 1.34 bits per heavy atom. The summed E-state index contributed by atoms with van der Waals surface area (Å²) in [7, 11) is 0. The maximum atomic E-state index is 14.4. The van der Waals surface area contributed by atoms with Crippen LogP contribution in [0.5, 0.6) is 0 Å². The second-order valence-corrected chi connectivity index (χ2v) is 23.0. The summed E-state index contributed by atoms with van der Waals surface area (Å²) in [4.78, 5) is 14.4. The third-order valence-corrected chi connectivity index (χ3v) is 18.6. The van der Waals surface area contributed by atoms with E-state index in [0.29, 0.717) is 18.3 Å². The zero-order valence-corrected chi connectivity index (χ0v) is 38.4. The standard InChI is InChI=1S/C47H76O17/c1-43(2)16-22-21(23(17-43)39(58)64-42-38(57)35(54)33(52)27(62-42)20-60-40-37(56)34(53)32(51)26(18-48)61-40)10-14-46(6)24(22)8-9-29-45(5)13-12-30(44(3,4)28(45)11-15-47(29,46)7)63-41-36(55)31(50)25(49)19-59-41/h8,21-23,25-38,40-42,48-57H,9-20H2,1-7H3. The van der Waals surface area contributed by atoms with E-state index in [9.17, 15) is 55.9 Å². The van der Waals surface area contributed by atoms with Gasteiger partial charge in [-0.25, -0.2) is 0 Å². The van der Waals surface area contributed by atoms with Crippen molar-refractivity contribution in [3.63, 3.8) is 0 Å². The van der Waals surface area contributed by atoms with Crippen molar-refractivity contribution in [1.82, 2.24) is 0 Å². The number of aliphatic hydroxyl groups excluding tert-OH is 10. The number of esters is 1. The van der Waals surface area contributed by atoms with Crippen LogP contribution < -0.4 is 0 Å². The van der Waals surface area contributed by atoms with Gasteiger partial charge in [0.05, 0.1) is 31.8 Å². The van der Waals surface area contributed by atoms with Gasteiger partial charge in [0.2, 0.25) is 6.29 Å². The van der Waals surface area contributed by atoms with Crippen LogP contribution in [0.25, 0.3) is 0 Å². The molecule has 8 rings (SSSR count). The smallest absolute Gasteiger partial charge is 0.311 e. The molecule has 23 atom stereocenters. The first-order chi connectivity index (χ1) is 29.9. The second-order valence-electron chi connectivity index (χ2n) is 23.0. The fourth-order valence-electron chi connectivity index (χ4n) is 14.9. The number of carbonyl (C=O) groups is 1. The highest BCUT2D eigenvalue weighted by molar-refractivity contribution is 5.73. The van der Waals surface area contributed by atoms with Gasteiger partial charge >= 0.3 is 5.97 Å². The summed E-state index contributed by atoms with van der Waals surface area (Å²) in [5.74, 6) is -0.292. The predicted octanol–water partition coefficient (Wildman–Crippen LogP) is 0.636. The first-order valence-electron chi connectivity index (χ1n) is 23.7. The van der Waals surface area contributed by atoms with Crippen LogP contribution in [0.4, 0.5) is 0 Å². The quantitative estimate of drug-likeness (QED) is 0.0909. The van der Waals surface area contributed by atoms with Gasteiger partial charge in [-0.3, -0.25) is 4.79 Å². The zero-order chi connectivity index (χ0) is 46.6. The molecule has 7 fully saturated rings. The number of fused-ring (bicyclic) bond motifs is 7. The topological polar surface area (TPSA) is 275 Å². The fourth-order valence-corrected chi connectivity index (χ4v) is 14.9. The molecule has 10 N–H and O–H groups in total. The molecular formula is C47H76O17. The minimum atomic E-state index is -1.78. The zero-order valence-electron chi connectivity index (χ0n) is 38.4. The van der Waals surface area contributed by atoms with Crippen molar-refractivity contribution in [3.8, 4) is 0 Å². The minimum absolute atomic E-state index is 0.00508. The Bertz CT molecular complexity index is 1720. The van der Waals surface area contributed by atoms with Gasteiger partial charge in [-0.15, -0.1) is 0 Å². The van der Waals surface area contributed by atoms with E-state index in [1.165, 1.54) is 5.57 Å². The molecule has 0 bridgehead atoms. The molecule has 0 radical (unpaired) electrons. The number of hydrogen-bond donors (Lipinski definition) is 10. The Kier molecular flexibility index (Phi) is 13.4. The minimum Gasteiger partial charge on any atom is -0.432 e. The lowest BCUT2D eigenvalue weighted by Gasteiger charge is -2.71. The van der Waals surface area contributed by atoms with Crippen LogP contribution in [0.3, 0.4) is 0 Å². The number of carbonyl (C=O) groups excluding carboxylic acids is 1. The largest absolute Gasteiger partial charge is 0.432 e. The lowest BCUT2D eigenvalue weighted by Crippen LogP contribution is -2.65. The van der Waals surface area contributed by atoms with Gasteiger partial charge in [-0.2, -0.15) is 0 Å². The van der Waals surface area contributed by atoms with E-state index in [2.05, 4.69) is 54.5 Å². The van der Waals surface area contributed by atoms with Gasteiger partial charge < -0.3 is 79.5 Å². The van der Waals surface area contributed by atoms with Gasteiger partial charge in [0.15, 0.2) is 12.6 Å². The number of hydrogen-bond acceptors (Lipinski definition) is 17. The molecule has 23 unspecified atom stereocenters. The van der Waals surface area contributed by atoms with Crippen LogP contribution in [-0.2, 0) is 33.2 Å². The Morgan fingerprint density at radius 3 is 2.03 bits per heavy atom. The van der Waals surface area contributed by atoms with Crippen molar-refractivity contribution >= 4 is 5.97 Å². The van der Waals surface area contributed by atoms with E-state index >= 15 is 0 Å². The van der Waals surface area contributed by atoms with E-state index in [1.807, 2.05) is 0 Å². The average Bonchev–Trinajstić information content (AvgIpc) is 3.23. The molecule has 17 heteroatoms. The lowest BCUT2D eigenvalue weighted by molar-refractivity contribution is -0.327. The number of allylic oxidation sites excluding steroid dienone is 2. The summed E-state index contributed by atoms with van der Waals surface area (Å²) >= 11 is 0. The van der Waals surface area contributed by atoms with Crippen LogP contribution in [0, 0.1) is 56.7 Å². The third-order valence-electron chi connectivity index (χ3n) is 18.6. The van der Waals surface area contributed by atoms with Crippen molar-refractivity contribution < 1.29 is 84.3 Å². The summed E-state index contributed by atoms with van der Waals surface area (Å²) < 4.78 is 35.0. The Hall–Kier alpha value is -1.39. The van der Waals surface area contributed by atoms with Gasteiger partial charge in [0, 0.05) is 0 Å². The van der Waals surface area contributed by atoms with Crippen molar-refractivity contribution in [3.05, 3.63) is 11.6 Å². The molecule has 4 saturated carbocycles. The third kappa shape index (κ3) is 7.95. The molecule has 64 heavy (non-hydrogen) atoms. The molecule has 5 aliphatic carbocycles. The maximum absolute atomic E-state index is 14.4. The molecule has 0 aromatic carbocycles. The molecule has 3 heterocycles. The van der Waals surface area contributed by atoms with Crippen LogP contribution >= 0.6 is 0 Å². The molecule has 17 nitrogen and oxygen atoms in total. The molecule has 3 saturated heterocycles. The summed E-state index contributed by atoms with van der Waals surface area (Å²) in [5, 5.41) is 104. The summed E-state index contributed by atoms with van der Waals surface area (Å²) in [6.45, 7) is 15.0. The SMILES string of the molecule is CC1(C)CC(C(=O)OC2OC(COC3OC(CO)C(O)C(O)C3O)C(O)C(O)C2O)C2CCC3(C)C(=CCC4C5(C)CCC(OC6OCC(O)C(O)C6O)C(C)(C)C5CCC43C)C2C1. The molecule has 366 valence electrons. The summed E-state index contributed by atoms with van der Waals surface area (Å²) in [5.41, 5.74) is 0.771. The van der Waals surface area contributed by atoms with E-state index < -0.39 is 111 Å². The second kappa shape index (κ2) is 17.5. The average molecular weight is 913 g/mol. The highest BCUT2D eigenvalue weighted by Gasteiger charge is 2.68. The van der Waals surface area contributed by atoms with Crippen LogP contribution in [-0.4, -0.2) is 169 Å². The molecule has 0 aromatic heterocycles. The number of ether oxygens (including phenoxy) is 6. The van der Waals surface area contributed by atoms with Crippen LogP contribution in [0.2, 0.25) is 0 Å². The number of aliphatic hydroxyl groups is 10. The fraction of sp³-hybridized carbons (Fsp3) is 0.936. The van der Waals surface area contributed by atoms with Crippen LogP contribution in [0.15, 0.2) is 11.6 Å². The van der Waals surface area contributed by atoms with E-state index in [-0.39, 0.29) is 51.6 Å². The van der Waals surface area contributed by atoms with Crippen molar-refractivity contribution in [2.75, 3.05) is 19.8 Å². The molecule has 3 aliphatic heterocycles.